The van der Waals surface area contributed by atoms with E-state index in [1.54, 1.807) is 24.3 Å². The molecule has 0 radical (unpaired) electrons. The predicted octanol–water partition coefficient (Wildman–Crippen LogP) is 3.41. The highest BCUT2D eigenvalue weighted by atomic mass is 19.4. The van der Waals surface area contributed by atoms with E-state index in [0.29, 0.717) is 29.6 Å². The summed E-state index contributed by atoms with van der Waals surface area (Å²) in [5.74, 6) is -0.840. The number of pyridine rings is 1. The van der Waals surface area contributed by atoms with E-state index in [2.05, 4.69) is 4.98 Å². The van der Waals surface area contributed by atoms with Gasteiger partial charge in [0.2, 0.25) is 0 Å². The second-order valence-electron chi connectivity index (χ2n) is 5.64. The Hall–Kier alpha value is -2.31. The number of anilines is 1. The number of hydrogen-bond acceptors (Lipinski definition) is 4. The number of benzene rings is 1. The van der Waals surface area contributed by atoms with Gasteiger partial charge in [0.1, 0.15) is 0 Å². The molecule has 23 heavy (non-hydrogen) atoms. The average molecular weight is 324 g/mol. The molecule has 0 N–H and O–H groups in total. The van der Waals surface area contributed by atoms with Crippen LogP contribution in [0.1, 0.15) is 16.8 Å². The zero-order chi connectivity index (χ0) is 16.6. The molecule has 2 aromatic rings. The van der Waals surface area contributed by atoms with Gasteiger partial charge >= 0.3 is 12.1 Å². The molecule has 1 aromatic heterocycles. The SMILES string of the molecule is COC(=O)c1ccnc2ccc(N3CC(CC(F)(F)F)C3)cc12. The number of nitrogens with zero attached hydrogens (tertiary/aromatic N) is 2. The molecule has 1 aromatic carbocycles. The third kappa shape index (κ3) is 3.23. The topological polar surface area (TPSA) is 42.4 Å². The summed E-state index contributed by atoms with van der Waals surface area (Å²) in [6, 6.07) is 6.91. The van der Waals surface area contributed by atoms with Crippen LogP contribution in [0.4, 0.5) is 18.9 Å². The number of ether oxygens (including phenoxy) is 1. The van der Waals surface area contributed by atoms with Crippen LogP contribution in [0.25, 0.3) is 10.9 Å². The van der Waals surface area contributed by atoms with Crippen molar-refractivity contribution in [3.8, 4) is 0 Å². The highest BCUT2D eigenvalue weighted by Gasteiger charge is 2.38. The summed E-state index contributed by atoms with van der Waals surface area (Å²) < 4.78 is 41.9. The van der Waals surface area contributed by atoms with Gasteiger partial charge in [-0.15, -0.1) is 0 Å². The number of hydrogen-bond donors (Lipinski definition) is 0. The van der Waals surface area contributed by atoms with E-state index in [1.807, 2.05) is 4.90 Å². The minimum Gasteiger partial charge on any atom is -0.465 e. The van der Waals surface area contributed by atoms with E-state index < -0.39 is 18.6 Å². The van der Waals surface area contributed by atoms with Gasteiger partial charge in [0.25, 0.3) is 0 Å². The summed E-state index contributed by atoms with van der Waals surface area (Å²) in [6.45, 7) is 0.720. The first kappa shape index (κ1) is 15.6. The highest BCUT2D eigenvalue weighted by molar-refractivity contribution is 6.04. The van der Waals surface area contributed by atoms with Crippen molar-refractivity contribution in [3.63, 3.8) is 0 Å². The van der Waals surface area contributed by atoms with Crippen LogP contribution >= 0.6 is 0 Å². The van der Waals surface area contributed by atoms with Crippen LogP contribution in [0.15, 0.2) is 30.5 Å². The Morgan fingerprint density at radius 3 is 2.74 bits per heavy atom. The maximum absolute atomic E-state index is 12.4. The number of methoxy groups -OCH3 is 1. The Labute approximate surface area is 130 Å². The van der Waals surface area contributed by atoms with Crippen LogP contribution in [-0.4, -0.2) is 37.3 Å². The van der Waals surface area contributed by atoms with Gasteiger partial charge in [0.05, 0.1) is 18.2 Å². The largest absolute Gasteiger partial charge is 0.465 e. The molecule has 0 spiro atoms. The smallest absolute Gasteiger partial charge is 0.389 e. The molecule has 4 nitrogen and oxygen atoms in total. The molecule has 0 aliphatic carbocycles. The summed E-state index contributed by atoms with van der Waals surface area (Å²) in [7, 11) is 1.30. The van der Waals surface area contributed by atoms with Gasteiger partial charge in [-0.2, -0.15) is 13.2 Å². The van der Waals surface area contributed by atoms with Crippen LogP contribution in [0.3, 0.4) is 0 Å². The molecule has 3 rings (SSSR count). The van der Waals surface area contributed by atoms with Crippen molar-refractivity contribution >= 4 is 22.6 Å². The number of fused-ring (bicyclic) bond motifs is 1. The van der Waals surface area contributed by atoms with Crippen molar-refractivity contribution in [1.29, 1.82) is 0 Å². The molecule has 7 heteroatoms. The second-order valence-corrected chi connectivity index (χ2v) is 5.64. The van der Waals surface area contributed by atoms with Crippen molar-refractivity contribution in [1.82, 2.24) is 4.98 Å². The molecule has 1 aliphatic rings. The Kier molecular flexibility index (Phi) is 3.87. The zero-order valence-electron chi connectivity index (χ0n) is 12.4. The summed E-state index contributed by atoms with van der Waals surface area (Å²) in [6.07, 6.45) is -3.36. The lowest BCUT2D eigenvalue weighted by atomic mass is 9.95. The fourth-order valence-corrected chi connectivity index (χ4v) is 2.86. The number of rotatable bonds is 3. The summed E-state index contributed by atoms with van der Waals surface area (Å²) in [5, 5.41) is 0.635. The van der Waals surface area contributed by atoms with Gasteiger partial charge in [-0.3, -0.25) is 4.98 Å². The Morgan fingerprint density at radius 1 is 1.35 bits per heavy atom. The second kappa shape index (κ2) is 5.72. The fraction of sp³-hybridized carbons (Fsp3) is 0.375. The number of carbonyl (C=O) groups is 1. The van der Waals surface area contributed by atoms with E-state index in [-0.39, 0.29) is 5.92 Å². The monoisotopic (exact) mass is 324 g/mol. The van der Waals surface area contributed by atoms with Gasteiger partial charge in [-0.1, -0.05) is 0 Å². The van der Waals surface area contributed by atoms with Crippen molar-refractivity contribution < 1.29 is 22.7 Å². The molecule has 0 amide bonds. The molecule has 0 unspecified atom stereocenters. The number of carbonyl (C=O) groups excluding carboxylic acids is 1. The van der Waals surface area contributed by atoms with Gasteiger partial charge in [-0.25, -0.2) is 4.79 Å². The number of esters is 1. The molecule has 1 aliphatic heterocycles. The summed E-state index contributed by atoms with van der Waals surface area (Å²) >= 11 is 0. The number of aromatic nitrogens is 1. The van der Waals surface area contributed by atoms with Gasteiger partial charge in [0.15, 0.2) is 0 Å². The van der Waals surface area contributed by atoms with E-state index in [9.17, 15) is 18.0 Å². The molecule has 2 heterocycles. The highest BCUT2D eigenvalue weighted by Crippen LogP contribution is 2.34. The lowest BCUT2D eigenvalue weighted by molar-refractivity contribution is -0.146. The Bertz CT molecular complexity index is 740. The van der Waals surface area contributed by atoms with Crippen molar-refractivity contribution in [2.75, 3.05) is 25.1 Å². The summed E-state index contributed by atoms with van der Waals surface area (Å²) in [4.78, 5) is 17.9. The first-order valence-corrected chi connectivity index (χ1v) is 7.16. The van der Waals surface area contributed by atoms with E-state index in [0.717, 1.165) is 5.69 Å². The van der Waals surface area contributed by atoms with Crippen LogP contribution in [0.5, 0.6) is 0 Å². The Balaban J connectivity index is 1.83. The average Bonchev–Trinajstić information content (AvgIpc) is 2.47. The van der Waals surface area contributed by atoms with Gasteiger partial charge in [0, 0.05) is 42.7 Å². The minimum absolute atomic E-state index is 0.360. The molecule has 0 atom stereocenters. The predicted molar refractivity (Wildman–Crippen MR) is 79.5 cm³/mol. The van der Waals surface area contributed by atoms with E-state index in [1.165, 1.54) is 13.3 Å². The molecule has 122 valence electrons. The third-order valence-corrected chi connectivity index (χ3v) is 3.97. The maximum Gasteiger partial charge on any atom is 0.389 e. The molecule has 0 bridgehead atoms. The zero-order valence-corrected chi connectivity index (χ0v) is 12.4. The van der Waals surface area contributed by atoms with Crippen molar-refractivity contribution in [3.05, 3.63) is 36.0 Å². The first-order valence-electron chi connectivity index (χ1n) is 7.16. The molecular formula is C16H15F3N2O2. The lowest BCUT2D eigenvalue weighted by Gasteiger charge is -2.41. The van der Waals surface area contributed by atoms with E-state index in [4.69, 9.17) is 4.74 Å². The molecular weight excluding hydrogens is 309 g/mol. The quantitative estimate of drug-likeness (QED) is 0.812. The van der Waals surface area contributed by atoms with Crippen LogP contribution in [0.2, 0.25) is 0 Å². The Morgan fingerprint density at radius 2 is 2.09 bits per heavy atom. The number of halogens is 3. The van der Waals surface area contributed by atoms with Crippen molar-refractivity contribution in [2.24, 2.45) is 5.92 Å². The van der Waals surface area contributed by atoms with Gasteiger partial charge in [-0.05, 0) is 24.3 Å². The normalized spacial score (nSPS) is 15.6. The molecule has 1 fully saturated rings. The summed E-state index contributed by atoms with van der Waals surface area (Å²) in [5.41, 5.74) is 1.82. The lowest BCUT2D eigenvalue weighted by Crippen LogP contribution is -2.48. The standard InChI is InChI=1S/C16H15F3N2O2/c1-23-15(22)12-4-5-20-14-3-2-11(6-13(12)14)21-8-10(9-21)7-16(17,18)19/h2-6,10H,7-9H2,1H3. The van der Waals surface area contributed by atoms with Crippen LogP contribution in [0, 0.1) is 5.92 Å². The first-order chi connectivity index (χ1) is 10.9. The maximum atomic E-state index is 12.4. The molecule has 0 saturated carbocycles. The van der Waals surface area contributed by atoms with Crippen LogP contribution in [-0.2, 0) is 4.74 Å². The van der Waals surface area contributed by atoms with Crippen molar-refractivity contribution in [2.45, 2.75) is 12.6 Å². The minimum atomic E-state index is -4.12. The van der Waals surface area contributed by atoms with Crippen LogP contribution < -0.4 is 4.90 Å². The van der Waals surface area contributed by atoms with E-state index >= 15 is 0 Å². The molecule has 1 saturated heterocycles. The van der Waals surface area contributed by atoms with Gasteiger partial charge < -0.3 is 9.64 Å². The third-order valence-electron chi connectivity index (χ3n) is 3.97. The number of alkyl halides is 3. The fourth-order valence-electron chi connectivity index (χ4n) is 2.86.